The van der Waals surface area contributed by atoms with Crippen molar-refractivity contribution >= 4 is 22.7 Å². The molecule has 0 aliphatic carbocycles. The van der Waals surface area contributed by atoms with E-state index in [1.165, 1.54) is 12.1 Å². The van der Waals surface area contributed by atoms with E-state index in [0.717, 1.165) is 5.56 Å². The zero-order valence-electron chi connectivity index (χ0n) is 12.1. The Hall–Kier alpha value is -2.69. The molecule has 112 valence electrons. The Kier molecular flexibility index (Phi) is 3.87. The van der Waals surface area contributed by atoms with Crippen LogP contribution in [-0.4, -0.2) is 10.9 Å². The molecule has 0 unspecified atom stereocenters. The average Bonchev–Trinajstić information content (AvgIpc) is 2.87. The van der Waals surface area contributed by atoms with Crippen LogP contribution in [0.4, 0.5) is 10.1 Å². The van der Waals surface area contributed by atoms with Crippen LogP contribution >= 0.6 is 0 Å². The van der Waals surface area contributed by atoms with E-state index in [1.54, 1.807) is 25.1 Å². The molecule has 0 spiro atoms. The number of amides is 1. The maximum Gasteiger partial charge on any atom is 0.224 e. The molecule has 0 aliphatic rings. The molecule has 1 amide bonds. The van der Waals surface area contributed by atoms with Gasteiger partial charge in [0.1, 0.15) is 11.3 Å². The SMILES string of the molecule is Cc1nc2cccc(NC(=O)CCc3cccc(F)c3)c2o1. The highest BCUT2D eigenvalue weighted by molar-refractivity contribution is 5.98. The molecule has 0 atom stereocenters. The first-order valence-corrected chi connectivity index (χ1v) is 7.02. The number of para-hydroxylation sites is 1. The smallest absolute Gasteiger partial charge is 0.224 e. The second kappa shape index (κ2) is 5.97. The Bertz CT molecular complexity index is 826. The number of anilines is 1. The predicted molar refractivity (Wildman–Crippen MR) is 82.1 cm³/mol. The number of hydrogen-bond donors (Lipinski definition) is 1. The van der Waals surface area contributed by atoms with Gasteiger partial charge in [0.25, 0.3) is 0 Å². The lowest BCUT2D eigenvalue weighted by atomic mass is 10.1. The van der Waals surface area contributed by atoms with E-state index in [1.807, 2.05) is 12.1 Å². The number of rotatable bonds is 4. The molecule has 1 heterocycles. The van der Waals surface area contributed by atoms with Gasteiger partial charge in [-0.15, -0.1) is 0 Å². The summed E-state index contributed by atoms with van der Waals surface area (Å²) in [5.74, 6) is 0.113. The number of oxazole rings is 1. The fourth-order valence-electron chi connectivity index (χ4n) is 2.32. The van der Waals surface area contributed by atoms with Gasteiger partial charge < -0.3 is 9.73 Å². The number of aryl methyl sites for hydroxylation is 2. The number of hydrogen-bond acceptors (Lipinski definition) is 3. The second-order valence-electron chi connectivity index (χ2n) is 5.06. The molecular formula is C17H15FN2O2. The van der Waals surface area contributed by atoms with Crippen LogP contribution in [0.3, 0.4) is 0 Å². The Labute approximate surface area is 127 Å². The van der Waals surface area contributed by atoms with E-state index in [2.05, 4.69) is 10.3 Å². The zero-order valence-corrected chi connectivity index (χ0v) is 12.1. The molecule has 3 aromatic rings. The zero-order chi connectivity index (χ0) is 15.5. The van der Waals surface area contributed by atoms with Crippen molar-refractivity contribution in [3.63, 3.8) is 0 Å². The van der Waals surface area contributed by atoms with Gasteiger partial charge in [-0.1, -0.05) is 18.2 Å². The van der Waals surface area contributed by atoms with Gasteiger partial charge in [-0.05, 0) is 36.2 Å². The quantitative estimate of drug-likeness (QED) is 0.796. The molecule has 3 rings (SSSR count). The van der Waals surface area contributed by atoms with Crippen molar-refractivity contribution in [2.75, 3.05) is 5.32 Å². The molecule has 2 aromatic carbocycles. The van der Waals surface area contributed by atoms with Crippen molar-refractivity contribution in [3.05, 3.63) is 59.7 Å². The summed E-state index contributed by atoms with van der Waals surface area (Å²) in [5, 5.41) is 2.82. The third kappa shape index (κ3) is 3.14. The number of carbonyl (C=O) groups excluding carboxylic acids is 1. The molecule has 0 fully saturated rings. The van der Waals surface area contributed by atoms with Crippen LogP contribution in [0.2, 0.25) is 0 Å². The standard InChI is InChI=1S/C17H15FN2O2/c1-11-19-14-6-3-7-15(17(14)22-11)20-16(21)9-8-12-4-2-5-13(18)10-12/h2-7,10H,8-9H2,1H3,(H,20,21). The topological polar surface area (TPSA) is 55.1 Å². The Morgan fingerprint density at radius 3 is 2.91 bits per heavy atom. The minimum atomic E-state index is -0.292. The van der Waals surface area contributed by atoms with Crippen LogP contribution in [-0.2, 0) is 11.2 Å². The number of aromatic nitrogens is 1. The van der Waals surface area contributed by atoms with Crippen molar-refractivity contribution in [2.45, 2.75) is 19.8 Å². The van der Waals surface area contributed by atoms with Gasteiger partial charge >= 0.3 is 0 Å². The van der Waals surface area contributed by atoms with Gasteiger partial charge in [0.15, 0.2) is 11.5 Å². The summed E-state index contributed by atoms with van der Waals surface area (Å²) in [5.41, 5.74) is 2.67. The van der Waals surface area contributed by atoms with Gasteiger partial charge in [-0.3, -0.25) is 4.79 Å². The number of benzene rings is 2. The molecule has 1 aromatic heterocycles. The van der Waals surface area contributed by atoms with E-state index in [-0.39, 0.29) is 18.1 Å². The summed E-state index contributed by atoms with van der Waals surface area (Å²) >= 11 is 0. The Balaban J connectivity index is 1.68. The summed E-state index contributed by atoms with van der Waals surface area (Å²) < 4.78 is 18.6. The van der Waals surface area contributed by atoms with Crippen molar-refractivity contribution in [1.29, 1.82) is 0 Å². The van der Waals surface area contributed by atoms with Gasteiger partial charge in [0, 0.05) is 13.3 Å². The molecule has 0 saturated carbocycles. The minimum Gasteiger partial charge on any atom is -0.439 e. The highest BCUT2D eigenvalue weighted by atomic mass is 19.1. The van der Waals surface area contributed by atoms with Crippen LogP contribution in [0.1, 0.15) is 17.9 Å². The normalized spacial score (nSPS) is 10.8. The average molecular weight is 298 g/mol. The molecule has 0 saturated heterocycles. The van der Waals surface area contributed by atoms with E-state index in [4.69, 9.17) is 4.42 Å². The first kappa shape index (κ1) is 14.3. The molecular weight excluding hydrogens is 283 g/mol. The van der Waals surface area contributed by atoms with Crippen LogP contribution < -0.4 is 5.32 Å². The number of nitrogens with zero attached hydrogens (tertiary/aromatic N) is 1. The predicted octanol–water partition coefficient (Wildman–Crippen LogP) is 3.85. The lowest BCUT2D eigenvalue weighted by Crippen LogP contribution is -2.12. The minimum absolute atomic E-state index is 0.147. The largest absolute Gasteiger partial charge is 0.439 e. The summed E-state index contributed by atoms with van der Waals surface area (Å²) in [7, 11) is 0. The second-order valence-corrected chi connectivity index (χ2v) is 5.06. The van der Waals surface area contributed by atoms with Crippen molar-refractivity contribution in [3.8, 4) is 0 Å². The van der Waals surface area contributed by atoms with Gasteiger partial charge in [-0.2, -0.15) is 0 Å². The maximum absolute atomic E-state index is 13.1. The fraction of sp³-hybridized carbons (Fsp3) is 0.176. The number of halogens is 1. The monoisotopic (exact) mass is 298 g/mol. The maximum atomic E-state index is 13.1. The lowest BCUT2D eigenvalue weighted by molar-refractivity contribution is -0.116. The van der Waals surface area contributed by atoms with Crippen molar-refractivity contribution in [1.82, 2.24) is 4.98 Å². The lowest BCUT2D eigenvalue weighted by Gasteiger charge is -2.05. The van der Waals surface area contributed by atoms with E-state index in [9.17, 15) is 9.18 Å². The van der Waals surface area contributed by atoms with E-state index >= 15 is 0 Å². The van der Waals surface area contributed by atoms with Crippen LogP contribution in [0.15, 0.2) is 46.9 Å². The first-order chi connectivity index (χ1) is 10.6. The number of nitrogens with one attached hydrogen (secondary N) is 1. The molecule has 0 bridgehead atoms. The van der Waals surface area contributed by atoms with Crippen molar-refractivity contribution in [2.24, 2.45) is 0 Å². The van der Waals surface area contributed by atoms with Gasteiger partial charge in [0.2, 0.25) is 5.91 Å². The molecule has 1 N–H and O–H groups in total. The first-order valence-electron chi connectivity index (χ1n) is 7.02. The Morgan fingerprint density at radius 2 is 2.09 bits per heavy atom. The third-order valence-corrected chi connectivity index (χ3v) is 3.33. The van der Waals surface area contributed by atoms with Gasteiger partial charge in [0.05, 0.1) is 5.69 Å². The van der Waals surface area contributed by atoms with E-state index < -0.39 is 0 Å². The van der Waals surface area contributed by atoms with Gasteiger partial charge in [-0.25, -0.2) is 9.37 Å². The third-order valence-electron chi connectivity index (χ3n) is 3.33. The van der Waals surface area contributed by atoms with Crippen molar-refractivity contribution < 1.29 is 13.6 Å². The number of carbonyl (C=O) groups is 1. The van der Waals surface area contributed by atoms with Crippen LogP contribution in [0.25, 0.3) is 11.1 Å². The highest BCUT2D eigenvalue weighted by Gasteiger charge is 2.10. The van der Waals surface area contributed by atoms with Crippen LogP contribution in [0, 0.1) is 12.7 Å². The molecule has 4 nitrogen and oxygen atoms in total. The van der Waals surface area contributed by atoms with E-state index in [0.29, 0.717) is 29.1 Å². The summed E-state index contributed by atoms with van der Waals surface area (Å²) in [6.45, 7) is 1.76. The summed E-state index contributed by atoms with van der Waals surface area (Å²) in [4.78, 5) is 16.3. The molecule has 5 heteroatoms. The summed E-state index contributed by atoms with van der Waals surface area (Å²) in [6.07, 6.45) is 0.752. The fourth-order valence-corrected chi connectivity index (χ4v) is 2.32. The van der Waals surface area contributed by atoms with Crippen LogP contribution in [0.5, 0.6) is 0 Å². The molecule has 22 heavy (non-hydrogen) atoms. The molecule has 0 radical (unpaired) electrons. The number of fused-ring (bicyclic) bond motifs is 1. The summed E-state index contributed by atoms with van der Waals surface area (Å²) in [6, 6.07) is 11.7. The Morgan fingerprint density at radius 1 is 1.27 bits per heavy atom. The molecule has 0 aliphatic heterocycles. The highest BCUT2D eigenvalue weighted by Crippen LogP contribution is 2.24.